The number of likely N-dealkylation sites (N-methyl/N-ethyl adjacent to an activating group) is 1. The highest BCUT2D eigenvalue weighted by atomic mass is 32.2. The zero-order valence-corrected chi connectivity index (χ0v) is 13.5. The standard InChI is InChI=1S/C14H21NO3S2/c1-15(14(16)10-11-6-5-9-19-11)12-7-3-4-8-13(12)20(2,17)18/h5-6,9,12-13H,3-4,7-8,10H2,1-2H3. The average Bonchev–Trinajstić information content (AvgIpc) is 2.89. The molecule has 20 heavy (non-hydrogen) atoms. The van der Waals surface area contributed by atoms with E-state index in [2.05, 4.69) is 0 Å². The molecular formula is C14H21NO3S2. The zero-order valence-electron chi connectivity index (χ0n) is 11.9. The fourth-order valence-electron chi connectivity index (χ4n) is 2.89. The number of thiophene rings is 1. The van der Waals surface area contributed by atoms with E-state index in [4.69, 9.17) is 0 Å². The van der Waals surface area contributed by atoms with Gasteiger partial charge in [0.1, 0.15) is 0 Å². The minimum Gasteiger partial charge on any atom is -0.341 e. The Morgan fingerprint density at radius 1 is 1.40 bits per heavy atom. The topological polar surface area (TPSA) is 54.5 Å². The van der Waals surface area contributed by atoms with E-state index in [9.17, 15) is 13.2 Å². The molecule has 0 N–H and O–H groups in total. The van der Waals surface area contributed by atoms with Gasteiger partial charge < -0.3 is 4.90 Å². The van der Waals surface area contributed by atoms with Crippen LogP contribution in [-0.4, -0.2) is 43.8 Å². The van der Waals surface area contributed by atoms with Crippen molar-refractivity contribution in [2.45, 2.75) is 43.4 Å². The molecule has 0 aromatic carbocycles. The maximum Gasteiger partial charge on any atom is 0.227 e. The Balaban J connectivity index is 2.09. The Kier molecular flexibility index (Phi) is 4.86. The molecule has 0 spiro atoms. The Morgan fingerprint density at radius 3 is 2.70 bits per heavy atom. The first-order valence-corrected chi connectivity index (χ1v) is 9.70. The average molecular weight is 315 g/mol. The van der Waals surface area contributed by atoms with Gasteiger partial charge in [0.05, 0.1) is 11.7 Å². The Bertz CT molecular complexity index is 551. The van der Waals surface area contributed by atoms with E-state index in [0.717, 1.165) is 24.1 Å². The summed E-state index contributed by atoms with van der Waals surface area (Å²) in [6.07, 6.45) is 5.02. The first kappa shape index (κ1) is 15.5. The number of rotatable bonds is 4. The lowest BCUT2D eigenvalue weighted by Gasteiger charge is -2.37. The smallest absolute Gasteiger partial charge is 0.227 e. The van der Waals surface area contributed by atoms with Crippen LogP contribution in [0.3, 0.4) is 0 Å². The molecule has 1 saturated carbocycles. The SMILES string of the molecule is CN(C(=O)Cc1cccs1)C1CCCCC1S(C)(=O)=O. The van der Waals surface area contributed by atoms with E-state index in [1.165, 1.54) is 6.26 Å². The summed E-state index contributed by atoms with van der Waals surface area (Å²) in [4.78, 5) is 15.0. The second kappa shape index (κ2) is 6.26. The molecule has 1 fully saturated rings. The predicted octanol–water partition coefficient (Wildman–Crippen LogP) is 2.10. The van der Waals surface area contributed by atoms with Crippen LogP contribution in [0.4, 0.5) is 0 Å². The van der Waals surface area contributed by atoms with Gasteiger partial charge >= 0.3 is 0 Å². The molecule has 0 bridgehead atoms. The zero-order chi connectivity index (χ0) is 14.8. The second-order valence-corrected chi connectivity index (χ2v) is 8.78. The van der Waals surface area contributed by atoms with Crippen molar-refractivity contribution in [3.05, 3.63) is 22.4 Å². The molecule has 112 valence electrons. The molecule has 0 aliphatic heterocycles. The molecule has 6 heteroatoms. The largest absolute Gasteiger partial charge is 0.341 e. The number of carbonyl (C=O) groups is 1. The summed E-state index contributed by atoms with van der Waals surface area (Å²) in [5.74, 6) is 0.00741. The second-order valence-electron chi connectivity index (χ2n) is 5.48. The lowest BCUT2D eigenvalue weighted by atomic mass is 9.93. The van der Waals surface area contributed by atoms with Crippen LogP contribution in [0.25, 0.3) is 0 Å². The number of nitrogens with zero attached hydrogens (tertiary/aromatic N) is 1. The summed E-state index contributed by atoms with van der Waals surface area (Å²) in [6, 6.07) is 3.68. The van der Waals surface area contributed by atoms with Gasteiger partial charge in [0, 0.05) is 24.2 Å². The Morgan fingerprint density at radius 2 is 2.10 bits per heavy atom. The van der Waals surface area contributed by atoms with E-state index >= 15 is 0 Å². The molecule has 1 aliphatic rings. The van der Waals surface area contributed by atoms with Gasteiger partial charge in [-0.2, -0.15) is 0 Å². The summed E-state index contributed by atoms with van der Waals surface area (Å²) in [5.41, 5.74) is 0. The van der Waals surface area contributed by atoms with Crippen molar-refractivity contribution >= 4 is 27.1 Å². The molecule has 2 rings (SSSR count). The normalized spacial score (nSPS) is 23.5. The first-order valence-electron chi connectivity index (χ1n) is 6.86. The highest BCUT2D eigenvalue weighted by Crippen LogP contribution is 2.28. The van der Waals surface area contributed by atoms with Crippen molar-refractivity contribution in [2.75, 3.05) is 13.3 Å². The maximum absolute atomic E-state index is 12.3. The van der Waals surface area contributed by atoms with E-state index in [-0.39, 0.29) is 11.9 Å². The third-order valence-electron chi connectivity index (χ3n) is 4.01. The first-order chi connectivity index (χ1) is 9.39. The maximum atomic E-state index is 12.3. The van der Waals surface area contributed by atoms with E-state index in [1.54, 1.807) is 23.3 Å². The summed E-state index contributed by atoms with van der Waals surface area (Å²) in [6.45, 7) is 0. The van der Waals surface area contributed by atoms with Crippen LogP contribution in [-0.2, 0) is 21.1 Å². The van der Waals surface area contributed by atoms with Crippen LogP contribution in [0.2, 0.25) is 0 Å². The Labute approximate surface area is 124 Å². The van der Waals surface area contributed by atoms with Crippen molar-refractivity contribution in [1.82, 2.24) is 4.90 Å². The molecule has 2 unspecified atom stereocenters. The number of sulfone groups is 1. The monoisotopic (exact) mass is 315 g/mol. The highest BCUT2D eigenvalue weighted by Gasteiger charge is 2.36. The minimum atomic E-state index is -3.11. The van der Waals surface area contributed by atoms with Gasteiger partial charge in [-0.05, 0) is 24.3 Å². The third-order valence-corrected chi connectivity index (χ3v) is 6.54. The third kappa shape index (κ3) is 3.61. The molecule has 1 aromatic rings. The summed E-state index contributed by atoms with van der Waals surface area (Å²) in [7, 11) is -1.37. The van der Waals surface area contributed by atoms with E-state index in [0.29, 0.717) is 12.8 Å². The van der Waals surface area contributed by atoms with Crippen molar-refractivity contribution in [2.24, 2.45) is 0 Å². The van der Waals surface area contributed by atoms with Crippen LogP contribution >= 0.6 is 11.3 Å². The van der Waals surface area contributed by atoms with Crippen LogP contribution < -0.4 is 0 Å². The number of hydrogen-bond acceptors (Lipinski definition) is 4. The minimum absolute atomic E-state index is 0.00741. The van der Waals surface area contributed by atoms with Crippen molar-refractivity contribution < 1.29 is 13.2 Å². The van der Waals surface area contributed by atoms with Crippen LogP contribution in [0.5, 0.6) is 0 Å². The van der Waals surface area contributed by atoms with Gasteiger partial charge in [-0.1, -0.05) is 18.9 Å². The molecule has 0 radical (unpaired) electrons. The fraction of sp³-hybridized carbons (Fsp3) is 0.643. The van der Waals surface area contributed by atoms with Crippen molar-refractivity contribution in [3.63, 3.8) is 0 Å². The molecule has 1 heterocycles. The van der Waals surface area contributed by atoms with Gasteiger partial charge in [0.15, 0.2) is 9.84 Å². The molecule has 2 atom stereocenters. The molecule has 1 aliphatic carbocycles. The van der Waals surface area contributed by atoms with Crippen molar-refractivity contribution in [3.8, 4) is 0 Å². The molecule has 1 aromatic heterocycles. The van der Waals surface area contributed by atoms with E-state index in [1.807, 2.05) is 17.5 Å². The summed E-state index contributed by atoms with van der Waals surface area (Å²) in [5, 5.41) is 1.54. The quantitative estimate of drug-likeness (QED) is 0.855. The van der Waals surface area contributed by atoms with Gasteiger partial charge in [0.2, 0.25) is 5.91 Å². The number of hydrogen-bond donors (Lipinski definition) is 0. The molecule has 4 nitrogen and oxygen atoms in total. The van der Waals surface area contributed by atoms with E-state index < -0.39 is 15.1 Å². The lowest BCUT2D eigenvalue weighted by Crippen LogP contribution is -2.49. The summed E-state index contributed by atoms with van der Waals surface area (Å²) < 4.78 is 23.8. The Hall–Kier alpha value is -0.880. The summed E-state index contributed by atoms with van der Waals surface area (Å²) >= 11 is 1.56. The van der Waals surface area contributed by atoms with Crippen molar-refractivity contribution in [1.29, 1.82) is 0 Å². The van der Waals surface area contributed by atoms with Crippen LogP contribution in [0, 0.1) is 0 Å². The van der Waals surface area contributed by atoms with Gasteiger partial charge in [-0.3, -0.25) is 4.79 Å². The number of carbonyl (C=O) groups excluding carboxylic acids is 1. The van der Waals surface area contributed by atoms with Crippen LogP contribution in [0.1, 0.15) is 30.6 Å². The van der Waals surface area contributed by atoms with Gasteiger partial charge in [-0.25, -0.2) is 8.42 Å². The molecule has 0 saturated heterocycles. The van der Waals surface area contributed by atoms with Crippen LogP contribution in [0.15, 0.2) is 17.5 Å². The molecule has 1 amide bonds. The van der Waals surface area contributed by atoms with Gasteiger partial charge in [0.25, 0.3) is 0 Å². The lowest BCUT2D eigenvalue weighted by molar-refractivity contribution is -0.131. The predicted molar refractivity (Wildman–Crippen MR) is 81.7 cm³/mol. The fourth-order valence-corrected chi connectivity index (χ4v) is 5.07. The number of amides is 1. The highest BCUT2D eigenvalue weighted by molar-refractivity contribution is 7.91. The molecular weight excluding hydrogens is 294 g/mol. The van der Waals surface area contributed by atoms with Gasteiger partial charge in [-0.15, -0.1) is 11.3 Å².